The van der Waals surface area contributed by atoms with E-state index in [-0.39, 0.29) is 11.7 Å². The van der Waals surface area contributed by atoms with Crippen molar-refractivity contribution >= 4 is 17.2 Å². The molecule has 0 aromatic carbocycles. The standard InChI is InChI=1S/C15H22N2OS/c1-3-5-12(4-2)17-13(11-6-9-19-10-11)16-15(7-8-15)14(17)18/h6,9-10,12-13,16H,3-5,7-8H2,1-2H3. The van der Waals surface area contributed by atoms with E-state index in [1.165, 1.54) is 5.56 Å². The van der Waals surface area contributed by atoms with Gasteiger partial charge in [-0.25, -0.2) is 0 Å². The van der Waals surface area contributed by atoms with Gasteiger partial charge in [0.05, 0.1) is 0 Å². The van der Waals surface area contributed by atoms with E-state index >= 15 is 0 Å². The molecule has 2 unspecified atom stereocenters. The van der Waals surface area contributed by atoms with Crippen molar-refractivity contribution in [3.63, 3.8) is 0 Å². The highest BCUT2D eigenvalue weighted by Gasteiger charge is 2.60. The lowest BCUT2D eigenvalue weighted by atomic mass is 10.1. The van der Waals surface area contributed by atoms with Gasteiger partial charge in [-0.15, -0.1) is 0 Å². The first-order valence-corrected chi connectivity index (χ1v) is 8.28. The third-order valence-electron chi connectivity index (χ3n) is 4.43. The SMILES string of the molecule is CCCC(CC)N1C(=O)C2(CC2)NC1c1ccsc1. The molecule has 104 valence electrons. The minimum absolute atomic E-state index is 0.0951. The van der Waals surface area contributed by atoms with Crippen molar-refractivity contribution in [1.82, 2.24) is 10.2 Å². The molecule has 2 heterocycles. The fourth-order valence-electron chi connectivity index (χ4n) is 3.16. The van der Waals surface area contributed by atoms with Crippen molar-refractivity contribution in [3.8, 4) is 0 Å². The number of carbonyl (C=O) groups excluding carboxylic acids is 1. The summed E-state index contributed by atoms with van der Waals surface area (Å²) in [6.45, 7) is 4.39. The van der Waals surface area contributed by atoms with E-state index in [0.29, 0.717) is 11.9 Å². The molecule has 19 heavy (non-hydrogen) atoms. The van der Waals surface area contributed by atoms with Gasteiger partial charge in [-0.1, -0.05) is 20.3 Å². The summed E-state index contributed by atoms with van der Waals surface area (Å²) >= 11 is 1.70. The maximum atomic E-state index is 12.7. The molecule has 1 amide bonds. The zero-order chi connectivity index (χ0) is 13.5. The summed E-state index contributed by atoms with van der Waals surface area (Å²) in [5.41, 5.74) is 1.03. The van der Waals surface area contributed by atoms with Crippen molar-refractivity contribution in [2.24, 2.45) is 0 Å². The molecule has 4 heteroatoms. The summed E-state index contributed by atoms with van der Waals surface area (Å²) in [7, 11) is 0. The molecule has 1 aromatic heterocycles. The average Bonchev–Trinajstić information content (AvgIpc) is 2.88. The number of thiophene rings is 1. The van der Waals surface area contributed by atoms with E-state index in [0.717, 1.165) is 32.1 Å². The predicted octanol–water partition coefficient (Wildman–Crippen LogP) is 3.29. The molecule has 1 saturated heterocycles. The average molecular weight is 278 g/mol. The number of nitrogens with one attached hydrogen (secondary N) is 1. The minimum atomic E-state index is -0.215. The summed E-state index contributed by atoms with van der Waals surface area (Å²) in [4.78, 5) is 14.9. The van der Waals surface area contributed by atoms with Crippen molar-refractivity contribution in [2.45, 2.75) is 63.7 Å². The lowest BCUT2D eigenvalue weighted by Gasteiger charge is -2.32. The summed E-state index contributed by atoms with van der Waals surface area (Å²) in [5, 5.41) is 7.86. The molecule has 2 atom stereocenters. The Morgan fingerprint density at radius 3 is 2.84 bits per heavy atom. The first-order valence-electron chi connectivity index (χ1n) is 7.34. The molecule has 1 aromatic rings. The van der Waals surface area contributed by atoms with Crippen LogP contribution >= 0.6 is 11.3 Å². The molecule has 2 aliphatic rings. The third-order valence-corrected chi connectivity index (χ3v) is 5.13. The Kier molecular flexibility index (Phi) is 3.39. The Bertz CT molecular complexity index is 453. The number of carbonyl (C=O) groups is 1. The maximum absolute atomic E-state index is 12.7. The lowest BCUT2D eigenvalue weighted by molar-refractivity contribution is -0.133. The third kappa shape index (κ3) is 2.11. The van der Waals surface area contributed by atoms with Crippen LogP contribution in [0.25, 0.3) is 0 Å². The first-order chi connectivity index (χ1) is 9.22. The molecular formula is C15H22N2OS. The Balaban J connectivity index is 1.90. The molecule has 2 fully saturated rings. The van der Waals surface area contributed by atoms with Crippen LogP contribution in [-0.4, -0.2) is 22.4 Å². The van der Waals surface area contributed by atoms with E-state index in [4.69, 9.17) is 0 Å². The monoisotopic (exact) mass is 278 g/mol. The Hall–Kier alpha value is -0.870. The van der Waals surface area contributed by atoms with Crippen LogP contribution in [0.2, 0.25) is 0 Å². The minimum Gasteiger partial charge on any atom is -0.318 e. The molecule has 0 bridgehead atoms. The molecule has 0 radical (unpaired) electrons. The quantitative estimate of drug-likeness (QED) is 0.896. The molecule has 1 N–H and O–H groups in total. The molecule has 1 aliphatic heterocycles. The second-order valence-corrected chi connectivity index (χ2v) is 6.53. The molecule has 3 nitrogen and oxygen atoms in total. The predicted molar refractivity (Wildman–Crippen MR) is 78.0 cm³/mol. The number of nitrogens with zero attached hydrogens (tertiary/aromatic N) is 1. The number of hydrogen-bond donors (Lipinski definition) is 1. The van der Waals surface area contributed by atoms with Crippen LogP contribution in [0.5, 0.6) is 0 Å². The van der Waals surface area contributed by atoms with Gasteiger partial charge in [0.2, 0.25) is 5.91 Å². The molecule has 1 saturated carbocycles. The summed E-state index contributed by atoms with van der Waals surface area (Å²) in [6.07, 6.45) is 5.37. The highest BCUT2D eigenvalue weighted by molar-refractivity contribution is 7.07. The summed E-state index contributed by atoms with van der Waals surface area (Å²) in [6, 6.07) is 2.51. The number of rotatable bonds is 5. The van der Waals surface area contributed by atoms with Crippen molar-refractivity contribution in [2.75, 3.05) is 0 Å². The zero-order valence-electron chi connectivity index (χ0n) is 11.7. The number of amides is 1. The highest BCUT2D eigenvalue weighted by Crippen LogP contribution is 2.47. The molecule has 3 rings (SSSR count). The van der Waals surface area contributed by atoms with E-state index in [1.807, 2.05) is 0 Å². The van der Waals surface area contributed by atoms with Gasteiger partial charge in [0.1, 0.15) is 11.7 Å². The van der Waals surface area contributed by atoms with E-state index in [9.17, 15) is 4.79 Å². The first kappa shape index (κ1) is 13.1. The summed E-state index contributed by atoms with van der Waals surface area (Å²) < 4.78 is 0. The van der Waals surface area contributed by atoms with Gasteiger partial charge in [0.15, 0.2) is 0 Å². The van der Waals surface area contributed by atoms with Gasteiger partial charge >= 0.3 is 0 Å². The van der Waals surface area contributed by atoms with Gasteiger partial charge in [0, 0.05) is 6.04 Å². The lowest BCUT2D eigenvalue weighted by Crippen LogP contribution is -2.40. The second kappa shape index (κ2) is 4.91. The van der Waals surface area contributed by atoms with Crippen molar-refractivity contribution < 1.29 is 4.79 Å². The van der Waals surface area contributed by atoms with Crippen LogP contribution in [0.1, 0.15) is 57.7 Å². The van der Waals surface area contributed by atoms with E-state index < -0.39 is 0 Å². The van der Waals surface area contributed by atoms with Crippen molar-refractivity contribution in [1.29, 1.82) is 0 Å². The van der Waals surface area contributed by atoms with Gasteiger partial charge in [-0.2, -0.15) is 11.3 Å². The molecular weight excluding hydrogens is 256 g/mol. The van der Waals surface area contributed by atoms with Gasteiger partial charge in [-0.05, 0) is 48.1 Å². The fraction of sp³-hybridized carbons (Fsp3) is 0.667. The Labute approximate surface area is 119 Å². The van der Waals surface area contributed by atoms with Gasteiger partial charge in [0.25, 0.3) is 0 Å². The van der Waals surface area contributed by atoms with Crippen LogP contribution in [-0.2, 0) is 4.79 Å². The van der Waals surface area contributed by atoms with Crippen molar-refractivity contribution in [3.05, 3.63) is 22.4 Å². The van der Waals surface area contributed by atoms with E-state index in [2.05, 4.69) is 40.9 Å². The normalized spacial score (nSPS) is 26.1. The Morgan fingerprint density at radius 2 is 2.32 bits per heavy atom. The molecule has 1 aliphatic carbocycles. The summed E-state index contributed by atoms with van der Waals surface area (Å²) in [5.74, 6) is 0.337. The largest absolute Gasteiger partial charge is 0.318 e. The fourth-order valence-corrected chi connectivity index (χ4v) is 3.84. The van der Waals surface area contributed by atoms with Crippen LogP contribution in [0.15, 0.2) is 16.8 Å². The van der Waals surface area contributed by atoms with Crippen LogP contribution in [0, 0.1) is 0 Å². The van der Waals surface area contributed by atoms with Gasteiger partial charge < -0.3 is 4.90 Å². The van der Waals surface area contributed by atoms with Crippen LogP contribution in [0.3, 0.4) is 0 Å². The van der Waals surface area contributed by atoms with Crippen LogP contribution < -0.4 is 5.32 Å². The smallest absolute Gasteiger partial charge is 0.244 e. The maximum Gasteiger partial charge on any atom is 0.244 e. The second-order valence-electron chi connectivity index (χ2n) is 5.75. The van der Waals surface area contributed by atoms with Gasteiger partial charge in [-0.3, -0.25) is 10.1 Å². The Morgan fingerprint density at radius 1 is 1.53 bits per heavy atom. The number of hydrogen-bond acceptors (Lipinski definition) is 3. The molecule has 1 spiro atoms. The van der Waals surface area contributed by atoms with E-state index in [1.54, 1.807) is 11.3 Å². The highest BCUT2D eigenvalue weighted by atomic mass is 32.1. The topological polar surface area (TPSA) is 32.3 Å². The zero-order valence-corrected chi connectivity index (χ0v) is 12.5. The van der Waals surface area contributed by atoms with Crippen LogP contribution in [0.4, 0.5) is 0 Å².